The van der Waals surface area contributed by atoms with E-state index in [1.54, 1.807) is 30.3 Å². The topological polar surface area (TPSA) is 87.0 Å². The fourth-order valence-corrected chi connectivity index (χ4v) is 1.83. The lowest BCUT2D eigenvalue weighted by Gasteiger charge is -2.15. The van der Waals surface area contributed by atoms with Crippen LogP contribution in [0.15, 0.2) is 48.5 Å². The van der Waals surface area contributed by atoms with Crippen molar-refractivity contribution in [2.24, 2.45) is 0 Å². The van der Waals surface area contributed by atoms with Gasteiger partial charge in [0.15, 0.2) is 11.5 Å². The first-order valence-electron chi connectivity index (χ1n) is 6.01. The third kappa shape index (κ3) is 3.00. The summed E-state index contributed by atoms with van der Waals surface area (Å²) in [6.45, 7) is -0.190. The number of phenols is 2. The number of hydrogen-bond donors (Lipinski definition) is 3. The predicted molar refractivity (Wildman–Crippen MR) is 72.1 cm³/mol. The van der Waals surface area contributed by atoms with Gasteiger partial charge in [0.25, 0.3) is 0 Å². The molecule has 0 saturated carbocycles. The molecule has 0 amide bonds. The maximum absolute atomic E-state index is 11.3. The summed E-state index contributed by atoms with van der Waals surface area (Å²) in [5, 5.41) is 28.5. The summed E-state index contributed by atoms with van der Waals surface area (Å²) < 4.78 is 5.33. The number of hydrogen-bond acceptors (Lipinski definition) is 4. The highest BCUT2D eigenvalue weighted by Crippen LogP contribution is 2.29. The van der Waals surface area contributed by atoms with Gasteiger partial charge in [-0.25, -0.2) is 0 Å². The second-order valence-corrected chi connectivity index (χ2v) is 4.23. The number of ether oxygens (including phenoxy) is 1. The number of aliphatic carboxylic acids is 1. The molecule has 2 aromatic rings. The fourth-order valence-electron chi connectivity index (χ4n) is 1.83. The highest BCUT2D eigenvalue weighted by atomic mass is 16.5. The van der Waals surface area contributed by atoms with Gasteiger partial charge in [0.1, 0.15) is 18.3 Å². The van der Waals surface area contributed by atoms with Crippen molar-refractivity contribution in [1.29, 1.82) is 0 Å². The van der Waals surface area contributed by atoms with Crippen LogP contribution in [0.5, 0.6) is 17.2 Å². The maximum Gasteiger partial charge on any atom is 0.314 e. The van der Waals surface area contributed by atoms with E-state index in [9.17, 15) is 20.1 Å². The summed E-state index contributed by atoms with van der Waals surface area (Å²) in [6, 6.07) is 12.5. The molecule has 0 saturated heterocycles. The number of para-hydroxylation sites is 3. The molecule has 20 heavy (non-hydrogen) atoms. The Morgan fingerprint density at radius 3 is 2.20 bits per heavy atom. The number of rotatable bonds is 5. The molecule has 0 fully saturated rings. The molecule has 3 N–H and O–H groups in total. The SMILES string of the molecule is O=C(O)C(COc1ccccc1O)c1ccccc1O. The Morgan fingerprint density at radius 2 is 1.60 bits per heavy atom. The van der Waals surface area contributed by atoms with E-state index in [0.717, 1.165) is 0 Å². The van der Waals surface area contributed by atoms with Crippen molar-refractivity contribution in [1.82, 2.24) is 0 Å². The monoisotopic (exact) mass is 274 g/mol. The van der Waals surface area contributed by atoms with Gasteiger partial charge in [-0.05, 0) is 18.2 Å². The van der Waals surface area contributed by atoms with Gasteiger partial charge in [0, 0.05) is 5.56 Å². The molecule has 1 unspecified atom stereocenters. The third-order valence-corrected chi connectivity index (χ3v) is 2.88. The quantitative estimate of drug-likeness (QED) is 0.779. The molecule has 0 heterocycles. The molecule has 2 aromatic carbocycles. The first-order valence-corrected chi connectivity index (χ1v) is 6.01. The molecule has 104 valence electrons. The normalized spacial score (nSPS) is 11.8. The van der Waals surface area contributed by atoms with Gasteiger partial charge in [-0.3, -0.25) is 4.79 Å². The maximum atomic E-state index is 11.3. The second-order valence-electron chi connectivity index (χ2n) is 4.23. The van der Waals surface area contributed by atoms with Gasteiger partial charge in [-0.15, -0.1) is 0 Å². The van der Waals surface area contributed by atoms with Gasteiger partial charge in [-0.1, -0.05) is 30.3 Å². The second kappa shape index (κ2) is 5.97. The molecule has 1 atom stereocenters. The van der Waals surface area contributed by atoms with Crippen LogP contribution in [0.1, 0.15) is 11.5 Å². The number of benzene rings is 2. The zero-order chi connectivity index (χ0) is 14.5. The van der Waals surface area contributed by atoms with Crippen LogP contribution in [0.2, 0.25) is 0 Å². The van der Waals surface area contributed by atoms with Crippen LogP contribution in [0.4, 0.5) is 0 Å². The van der Waals surface area contributed by atoms with Crippen molar-refractivity contribution in [3.05, 3.63) is 54.1 Å². The standard InChI is InChI=1S/C15H14O5/c16-12-6-2-1-5-10(12)11(15(18)19)9-20-14-8-4-3-7-13(14)17/h1-8,11,16-17H,9H2,(H,18,19). The van der Waals surface area contributed by atoms with Crippen LogP contribution in [-0.2, 0) is 4.79 Å². The van der Waals surface area contributed by atoms with Crippen LogP contribution >= 0.6 is 0 Å². The van der Waals surface area contributed by atoms with Crippen molar-refractivity contribution in [3.63, 3.8) is 0 Å². The third-order valence-electron chi connectivity index (χ3n) is 2.88. The van der Waals surface area contributed by atoms with E-state index in [1.165, 1.54) is 18.2 Å². The Morgan fingerprint density at radius 1 is 1.00 bits per heavy atom. The van der Waals surface area contributed by atoms with Crippen molar-refractivity contribution < 1.29 is 24.9 Å². The number of phenolic OH excluding ortho intramolecular Hbond substituents is 2. The molecular weight excluding hydrogens is 260 g/mol. The van der Waals surface area contributed by atoms with Crippen LogP contribution in [0.3, 0.4) is 0 Å². The van der Waals surface area contributed by atoms with E-state index < -0.39 is 11.9 Å². The molecule has 5 heteroatoms. The Balaban J connectivity index is 2.18. The van der Waals surface area contributed by atoms with Gasteiger partial charge >= 0.3 is 5.97 Å². The Hall–Kier alpha value is -2.69. The van der Waals surface area contributed by atoms with E-state index in [-0.39, 0.29) is 29.4 Å². The summed E-state index contributed by atoms with van der Waals surface area (Å²) in [5.41, 5.74) is 0.274. The lowest BCUT2D eigenvalue weighted by molar-refractivity contribution is -0.139. The average Bonchev–Trinajstić information content (AvgIpc) is 2.42. The largest absolute Gasteiger partial charge is 0.508 e. The van der Waals surface area contributed by atoms with Crippen LogP contribution in [0.25, 0.3) is 0 Å². The van der Waals surface area contributed by atoms with Crippen molar-refractivity contribution in [2.75, 3.05) is 6.61 Å². The Labute approximate surface area is 115 Å². The average molecular weight is 274 g/mol. The van der Waals surface area contributed by atoms with Gasteiger partial charge in [0.05, 0.1) is 0 Å². The number of aromatic hydroxyl groups is 2. The minimum Gasteiger partial charge on any atom is -0.508 e. The predicted octanol–water partition coefficient (Wildman–Crippen LogP) is 2.35. The molecule has 0 bridgehead atoms. The highest BCUT2D eigenvalue weighted by molar-refractivity contribution is 5.77. The minimum atomic E-state index is -1.11. The van der Waals surface area contributed by atoms with Crippen LogP contribution < -0.4 is 4.74 Å². The lowest BCUT2D eigenvalue weighted by atomic mass is 9.99. The van der Waals surface area contributed by atoms with E-state index in [4.69, 9.17) is 4.74 Å². The first kappa shape index (κ1) is 13.7. The molecule has 0 aliphatic heterocycles. The summed E-state index contributed by atoms with van der Waals surface area (Å²) in [4.78, 5) is 11.3. The Kier molecular flexibility index (Phi) is 4.10. The zero-order valence-corrected chi connectivity index (χ0v) is 10.6. The first-order chi connectivity index (χ1) is 9.59. The molecule has 0 spiro atoms. The van der Waals surface area contributed by atoms with Crippen molar-refractivity contribution in [3.8, 4) is 17.2 Å². The van der Waals surface area contributed by atoms with E-state index >= 15 is 0 Å². The van der Waals surface area contributed by atoms with Crippen molar-refractivity contribution in [2.45, 2.75) is 5.92 Å². The fraction of sp³-hybridized carbons (Fsp3) is 0.133. The summed E-state index contributed by atoms with van der Waals surface area (Å²) >= 11 is 0. The number of carboxylic acids is 1. The van der Waals surface area contributed by atoms with E-state index in [1.807, 2.05) is 0 Å². The van der Waals surface area contributed by atoms with Crippen LogP contribution in [0, 0.1) is 0 Å². The molecule has 0 radical (unpaired) electrons. The molecule has 5 nitrogen and oxygen atoms in total. The van der Waals surface area contributed by atoms with Gasteiger partial charge in [-0.2, -0.15) is 0 Å². The highest BCUT2D eigenvalue weighted by Gasteiger charge is 2.24. The number of carboxylic acid groups (broad SMARTS) is 1. The summed E-state index contributed by atoms with van der Waals surface area (Å²) in [7, 11) is 0. The molecule has 0 aromatic heterocycles. The molecule has 0 aliphatic carbocycles. The molecule has 0 aliphatic rings. The lowest BCUT2D eigenvalue weighted by Crippen LogP contribution is -2.19. The van der Waals surface area contributed by atoms with E-state index in [2.05, 4.69) is 0 Å². The molecule has 2 rings (SSSR count). The van der Waals surface area contributed by atoms with Crippen molar-refractivity contribution >= 4 is 5.97 Å². The van der Waals surface area contributed by atoms with E-state index in [0.29, 0.717) is 0 Å². The van der Waals surface area contributed by atoms with Crippen LogP contribution in [-0.4, -0.2) is 27.9 Å². The minimum absolute atomic E-state index is 0.0612. The Bertz CT molecular complexity index is 609. The zero-order valence-electron chi connectivity index (χ0n) is 10.6. The molecular formula is C15H14O5. The summed E-state index contributed by atoms with van der Waals surface area (Å²) in [5.74, 6) is -2.08. The van der Waals surface area contributed by atoms with Gasteiger partial charge < -0.3 is 20.1 Å². The smallest absolute Gasteiger partial charge is 0.314 e. The number of carbonyl (C=O) groups is 1. The van der Waals surface area contributed by atoms with Gasteiger partial charge in [0.2, 0.25) is 0 Å². The summed E-state index contributed by atoms with van der Waals surface area (Å²) in [6.07, 6.45) is 0.